The summed E-state index contributed by atoms with van der Waals surface area (Å²) in [7, 11) is 0. The van der Waals surface area contributed by atoms with Gasteiger partial charge in [0.05, 0.1) is 12.4 Å². The van der Waals surface area contributed by atoms with E-state index in [1.54, 1.807) is 24.9 Å². The van der Waals surface area contributed by atoms with Crippen LogP contribution in [0.4, 0.5) is 0 Å². The average molecular weight is 487 g/mol. The highest BCUT2D eigenvalue weighted by Gasteiger charge is 2.04. The lowest BCUT2D eigenvalue weighted by atomic mass is 10.1. The second kappa shape index (κ2) is 19.8. The Hall–Kier alpha value is -2.60. The van der Waals surface area contributed by atoms with E-state index in [9.17, 15) is 0 Å². The Morgan fingerprint density at radius 3 is 2.06 bits per heavy atom. The molecule has 0 saturated heterocycles. The minimum Gasteiger partial charge on any atom is -0.498 e. The van der Waals surface area contributed by atoms with Crippen LogP contribution in [-0.2, 0) is 4.74 Å². The van der Waals surface area contributed by atoms with Crippen molar-refractivity contribution in [1.82, 2.24) is 16.0 Å². The Morgan fingerprint density at radius 2 is 1.85 bits per heavy atom. The minimum atomic E-state index is 0. The minimum absolute atomic E-state index is 0. The smallest absolute Gasteiger partial charge is 0.0985 e. The summed E-state index contributed by atoms with van der Waals surface area (Å²) in [5, 5.41) is 9.01. The van der Waals surface area contributed by atoms with Gasteiger partial charge in [0.2, 0.25) is 0 Å². The molecular formula is C28H46N4OS. The lowest BCUT2D eigenvalue weighted by Gasteiger charge is -2.12. The first-order valence-electron chi connectivity index (χ1n) is 11.6. The lowest BCUT2D eigenvalue weighted by Crippen LogP contribution is -2.18. The van der Waals surface area contributed by atoms with E-state index in [1.807, 2.05) is 30.2 Å². The fourth-order valence-corrected chi connectivity index (χ4v) is 3.47. The standard InChI is InChI=1S/C6H9N.C6H11N.C5H6N2.C5H8O.C5H8S.CH4/c1-5-3-4-7-6(5)2;1-6-3-2-4-7-5-6;1-5-4-6-2-3-7-5;2*1-5-3-2-4-6-5;/h3-5,7H,2H2,1H3;2,4,6-7H,3,5H2,1H3;2-4,7H,1H2;2,4-5H,3H2,1H3;3H,2,4H2,1H3;1H4/t5-;6-;;5-;;/m01.0../s1. The third kappa shape index (κ3) is 17.0. The number of nitrogens with zero attached hydrogens (tertiary/aromatic N) is 1. The van der Waals surface area contributed by atoms with Crippen molar-refractivity contribution in [3.8, 4) is 0 Å². The van der Waals surface area contributed by atoms with Gasteiger partial charge in [0.1, 0.15) is 0 Å². The SMILES string of the molecule is C.C=C1C=NC=CN1.C=C1NC=C[C@@H]1C.CC1=CCCS1.C[C@@H]1CC=CNC1.C[C@H]1CC=CO1. The Labute approximate surface area is 213 Å². The molecule has 0 fully saturated rings. The fourth-order valence-electron chi connectivity index (χ4n) is 2.67. The normalized spacial score (nSPS) is 24.5. The fraction of sp³-hybridized carbons (Fsp3) is 0.464. The van der Waals surface area contributed by atoms with Crippen LogP contribution < -0.4 is 16.0 Å². The van der Waals surface area contributed by atoms with Crippen molar-refractivity contribution in [2.24, 2.45) is 16.8 Å². The molecule has 0 aliphatic carbocycles. The molecule has 0 radical (unpaired) electrons. The summed E-state index contributed by atoms with van der Waals surface area (Å²) in [6, 6.07) is 0. The monoisotopic (exact) mass is 486 g/mol. The van der Waals surface area contributed by atoms with E-state index in [4.69, 9.17) is 4.74 Å². The molecule has 0 unspecified atom stereocenters. The zero-order chi connectivity index (χ0) is 24.3. The van der Waals surface area contributed by atoms with Crippen molar-refractivity contribution < 1.29 is 4.74 Å². The Balaban J connectivity index is 0.000000398. The van der Waals surface area contributed by atoms with Gasteiger partial charge in [0, 0.05) is 54.6 Å². The van der Waals surface area contributed by atoms with Crippen LogP contribution in [0.3, 0.4) is 0 Å². The van der Waals surface area contributed by atoms with E-state index < -0.39 is 0 Å². The van der Waals surface area contributed by atoms with Crippen LogP contribution in [0.2, 0.25) is 0 Å². The van der Waals surface area contributed by atoms with Gasteiger partial charge in [-0.2, -0.15) is 0 Å². The molecule has 5 rings (SSSR count). The van der Waals surface area contributed by atoms with Crippen molar-refractivity contribution in [3.63, 3.8) is 0 Å². The summed E-state index contributed by atoms with van der Waals surface area (Å²) in [5.41, 5.74) is 1.93. The summed E-state index contributed by atoms with van der Waals surface area (Å²) in [4.78, 5) is 5.29. The Morgan fingerprint density at radius 1 is 1.06 bits per heavy atom. The molecule has 0 aromatic rings. The van der Waals surface area contributed by atoms with Crippen molar-refractivity contribution in [1.29, 1.82) is 0 Å². The second-order valence-corrected chi connectivity index (χ2v) is 9.58. The van der Waals surface area contributed by atoms with E-state index >= 15 is 0 Å². The van der Waals surface area contributed by atoms with Gasteiger partial charge in [0.15, 0.2) is 0 Å². The third-order valence-electron chi connectivity index (χ3n) is 4.86. The lowest BCUT2D eigenvalue weighted by molar-refractivity contribution is 0.189. The Kier molecular flexibility index (Phi) is 18.3. The summed E-state index contributed by atoms with van der Waals surface area (Å²) >= 11 is 1.96. The maximum Gasteiger partial charge on any atom is 0.0985 e. The highest BCUT2D eigenvalue weighted by Crippen LogP contribution is 2.22. The first-order valence-corrected chi connectivity index (χ1v) is 12.6. The molecule has 5 heterocycles. The molecule has 5 aliphatic rings. The number of rotatable bonds is 0. The summed E-state index contributed by atoms with van der Waals surface area (Å²) in [6.07, 6.45) is 23.4. The number of aliphatic imine (C=N–C) groups is 1. The van der Waals surface area contributed by atoms with Gasteiger partial charge in [-0.1, -0.05) is 52.7 Å². The second-order valence-electron chi connectivity index (χ2n) is 8.24. The van der Waals surface area contributed by atoms with Crippen LogP contribution in [0.25, 0.3) is 0 Å². The topological polar surface area (TPSA) is 57.7 Å². The van der Waals surface area contributed by atoms with Crippen molar-refractivity contribution in [2.75, 3.05) is 12.3 Å². The number of hydrogen-bond acceptors (Lipinski definition) is 6. The number of hydrogen-bond donors (Lipinski definition) is 3. The Bertz CT molecular complexity index is 756. The number of nitrogens with one attached hydrogen (secondary N) is 3. The maximum absolute atomic E-state index is 4.97. The van der Waals surface area contributed by atoms with Gasteiger partial charge in [-0.05, 0) is 56.0 Å². The molecule has 34 heavy (non-hydrogen) atoms. The van der Waals surface area contributed by atoms with Gasteiger partial charge in [0.25, 0.3) is 0 Å². The van der Waals surface area contributed by atoms with Crippen LogP contribution in [0, 0.1) is 11.8 Å². The molecule has 5 nitrogen and oxygen atoms in total. The number of allylic oxidation sites excluding steroid dienone is 5. The quantitative estimate of drug-likeness (QED) is 0.344. The van der Waals surface area contributed by atoms with Crippen LogP contribution in [0.5, 0.6) is 0 Å². The highest BCUT2D eigenvalue weighted by atomic mass is 32.2. The molecule has 0 spiro atoms. The molecule has 0 aromatic heterocycles. The van der Waals surface area contributed by atoms with E-state index in [0.717, 1.165) is 30.3 Å². The molecule has 0 bridgehead atoms. The van der Waals surface area contributed by atoms with E-state index in [0.29, 0.717) is 12.0 Å². The first kappa shape index (κ1) is 31.4. The average Bonchev–Trinajstić information content (AvgIpc) is 3.57. The van der Waals surface area contributed by atoms with Crippen LogP contribution >= 0.6 is 11.8 Å². The van der Waals surface area contributed by atoms with Crippen molar-refractivity contribution in [3.05, 3.63) is 84.8 Å². The van der Waals surface area contributed by atoms with Crippen LogP contribution in [-0.4, -0.2) is 24.6 Å². The van der Waals surface area contributed by atoms with E-state index in [1.165, 1.54) is 23.5 Å². The molecular weight excluding hydrogens is 440 g/mol. The molecule has 0 aromatic carbocycles. The van der Waals surface area contributed by atoms with E-state index in [-0.39, 0.29) is 7.43 Å². The largest absolute Gasteiger partial charge is 0.498 e. The van der Waals surface area contributed by atoms with Gasteiger partial charge < -0.3 is 20.7 Å². The summed E-state index contributed by atoms with van der Waals surface area (Å²) < 4.78 is 4.97. The van der Waals surface area contributed by atoms with Crippen LogP contribution in [0.1, 0.15) is 54.4 Å². The third-order valence-corrected chi connectivity index (χ3v) is 5.92. The zero-order valence-corrected chi connectivity index (χ0v) is 21.5. The number of thioether (sulfide) groups is 1. The molecule has 3 N–H and O–H groups in total. The predicted molar refractivity (Wildman–Crippen MR) is 153 cm³/mol. The van der Waals surface area contributed by atoms with Gasteiger partial charge in [-0.25, -0.2) is 0 Å². The molecule has 0 saturated carbocycles. The maximum atomic E-state index is 4.97. The molecule has 190 valence electrons. The molecule has 5 aliphatic heterocycles. The highest BCUT2D eigenvalue weighted by molar-refractivity contribution is 8.03. The van der Waals surface area contributed by atoms with Gasteiger partial charge in [-0.3, -0.25) is 4.99 Å². The van der Waals surface area contributed by atoms with Crippen LogP contribution in [0.15, 0.2) is 89.8 Å². The van der Waals surface area contributed by atoms with Crippen molar-refractivity contribution in [2.45, 2.75) is 60.5 Å². The van der Waals surface area contributed by atoms with E-state index in [2.05, 4.69) is 80.0 Å². The van der Waals surface area contributed by atoms with Gasteiger partial charge >= 0.3 is 0 Å². The zero-order valence-electron chi connectivity index (χ0n) is 20.7. The molecule has 6 heteroatoms. The predicted octanol–water partition coefficient (Wildman–Crippen LogP) is 7.00. The summed E-state index contributed by atoms with van der Waals surface area (Å²) in [5.74, 6) is 2.68. The van der Waals surface area contributed by atoms with Crippen molar-refractivity contribution >= 4 is 18.0 Å². The molecule has 3 atom stereocenters. The summed E-state index contributed by atoms with van der Waals surface area (Å²) in [6.45, 7) is 17.1. The van der Waals surface area contributed by atoms with Gasteiger partial charge in [-0.15, -0.1) is 11.8 Å². The molecule has 0 amide bonds. The first-order chi connectivity index (χ1) is 15.9. The number of ether oxygens (including phenoxy) is 1.